The van der Waals surface area contributed by atoms with Crippen LogP contribution in [0.25, 0.3) is 0 Å². The second-order valence-electron chi connectivity index (χ2n) is 4.16. The highest BCUT2D eigenvalue weighted by molar-refractivity contribution is 5.88. The van der Waals surface area contributed by atoms with E-state index < -0.39 is 6.04 Å². The van der Waals surface area contributed by atoms with Crippen molar-refractivity contribution in [3.8, 4) is 0 Å². The monoisotopic (exact) mass is 243 g/mol. The van der Waals surface area contributed by atoms with Gasteiger partial charge in [0.1, 0.15) is 19.3 Å². The molecule has 2 rings (SSSR count). The van der Waals surface area contributed by atoms with Crippen LogP contribution in [0, 0.1) is 0 Å². The average molecular weight is 243 g/mol. The quantitative estimate of drug-likeness (QED) is 0.548. The summed E-state index contributed by atoms with van der Waals surface area (Å²) in [5.41, 5.74) is 2.18. The van der Waals surface area contributed by atoms with Gasteiger partial charge in [-0.25, -0.2) is 5.48 Å². The second kappa shape index (κ2) is 5.95. The van der Waals surface area contributed by atoms with Gasteiger partial charge in [-0.3, -0.25) is 14.4 Å². The van der Waals surface area contributed by atoms with E-state index >= 15 is 0 Å². The van der Waals surface area contributed by atoms with Gasteiger partial charge in [-0.05, 0) is 25.9 Å². The fourth-order valence-electron chi connectivity index (χ4n) is 1.84. The third-order valence-electron chi connectivity index (χ3n) is 2.81. The van der Waals surface area contributed by atoms with Crippen molar-refractivity contribution in [2.45, 2.75) is 25.0 Å². The molecular formula is C10H17N3O4. The van der Waals surface area contributed by atoms with E-state index in [9.17, 15) is 9.59 Å². The minimum absolute atomic E-state index is 0.00551. The maximum absolute atomic E-state index is 11.5. The Morgan fingerprint density at radius 2 is 2.24 bits per heavy atom. The first-order valence-electron chi connectivity index (χ1n) is 5.79. The molecule has 0 aliphatic carbocycles. The lowest BCUT2D eigenvalue weighted by Gasteiger charge is -2.22. The van der Waals surface area contributed by atoms with Crippen LogP contribution in [-0.2, 0) is 19.2 Å². The van der Waals surface area contributed by atoms with Gasteiger partial charge in [-0.2, -0.15) is 0 Å². The van der Waals surface area contributed by atoms with E-state index in [4.69, 9.17) is 9.57 Å². The summed E-state index contributed by atoms with van der Waals surface area (Å²) < 4.78 is 5.47. The van der Waals surface area contributed by atoms with Crippen LogP contribution in [0.15, 0.2) is 0 Å². The highest BCUT2D eigenvalue weighted by Gasteiger charge is 2.27. The van der Waals surface area contributed by atoms with E-state index in [0.717, 1.165) is 25.9 Å². The summed E-state index contributed by atoms with van der Waals surface area (Å²) in [6, 6.07) is -0.598. The molecule has 2 aliphatic rings. The normalized spacial score (nSPS) is 25.6. The summed E-state index contributed by atoms with van der Waals surface area (Å²) in [4.78, 5) is 27.3. The Bertz CT molecular complexity index is 291. The van der Waals surface area contributed by atoms with Gasteiger partial charge in [-0.1, -0.05) is 0 Å². The Morgan fingerprint density at radius 3 is 2.88 bits per heavy atom. The molecule has 3 N–H and O–H groups in total. The molecule has 0 bridgehead atoms. The molecule has 0 radical (unpaired) electrons. The number of ether oxygens (including phenoxy) is 1. The van der Waals surface area contributed by atoms with Gasteiger partial charge in [0.15, 0.2) is 0 Å². The Morgan fingerprint density at radius 1 is 1.47 bits per heavy atom. The summed E-state index contributed by atoms with van der Waals surface area (Å²) in [6.45, 7) is 2.00. The van der Waals surface area contributed by atoms with Gasteiger partial charge in [0.05, 0.1) is 6.10 Å². The van der Waals surface area contributed by atoms with Gasteiger partial charge < -0.3 is 15.4 Å². The topological polar surface area (TPSA) is 88.7 Å². The van der Waals surface area contributed by atoms with E-state index in [1.54, 1.807) is 0 Å². The number of carbonyl (C=O) groups is 2. The molecule has 17 heavy (non-hydrogen) atoms. The molecule has 0 aromatic rings. The van der Waals surface area contributed by atoms with Crippen LogP contribution in [0.1, 0.15) is 12.8 Å². The number of piperidine rings is 1. The zero-order chi connectivity index (χ0) is 12.1. The summed E-state index contributed by atoms with van der Waals surface area (Å²) in [7, 11) is 0. The fourth-order valence-corrected chi connectivity index (χ4v) is 1.84. The lowest BCUT2D eigenvalue weighted by molar-refractivity contribution is -0.132. The van der Waals surface area contributed by atoms with Gasteiger partial charge in [0.2, 0.25) is 5.91 Å². The van der Waals surface area contributed by atoms with E-state index in [-0.39, 0.29) is 31.1 Å². The molecule has 0 aromatic carbocycles. The van der Waals surface area contributed by atoms with Gasteiger partial charge in [-0.15, -0.1) is 0 Å². The number of rotatable bonds is 4. The van der Waals surface area contributed by atoms with E-state index in [0.29, 0.717) is 0 Å². The Hall–Kier alpha value is -1.18. The minimum Gasteiger partial charge on any atom is -0.368 e. The van der Waals surface area contributed by atoms with Gasteiger partial charge in [0, 0.05) is 0 Å². The SMILES string of the molecule is O=C(COC1CCNCC1)N[C@@H]1CONC1=O. The molecule has 7 nitrogen and oxygen atoms in total. The summed E-state index contributed by atoms with van der Waals surface area (Å²) in [6.07, 6.45) is 1.97. The highest BCUT2D eigenvalue weighted by atomic mass is 16.7. The van der Waals surface area contributed by atoms with Crippen LogP contribution in [-0.4, -0.2) is 50.3 Å². The fraction of sp³-hybridized carbons (Fsp3) is 0.800. The summed E-state index contributed by atoms with van der Waals surface area (Å²) in [5, 5.41) is 5.77. The number of hydrogen-bond acceptors (Lipinski definition) is 5. The molecule has 2 saturated heterocycles. The van der Waals surface area contributed by atoms with Crippen molar-refractivity contribution in [2.75, 3.05) is 26.3 Å². The molecule has 2 amide bonds. The molecule has 1 atom stereocenters. The molecule has 0 saturated carbocycles. The Balaban J connectivity index is 1.64. The molecular weight excluding hydrogens is 226 g/mol. The number of hydroxylamine groups is 1. The first-order valence-corrected chi connectivity index (χ1v) is 5.79. The Kier molecular flexibility index (Phi) is 4.29. The highest BCUT2D eigenvalue weighted by Crippen LogP contribution is 2.06. The van der Waals surface area contributed by atoms with Gasteiger partial charge >= 0.3 is 0 Å². The smallest absolute Gasteiger partial charge is 0.268 e. The van der Waals surface area contributed by atoms with Crippen molar-refractivity contribution in [1.29, 1.82) is 0 Å². The maximum Gasteiger partial charge on any atom is 0.268 e. The number of nitrogens with one attached hydrogen (secondary N) is 3. The largest absolute Gasteiger partial charge is 0.368 e. The van der Waals surface area contributed by atoms with Crippen molar-refractivity contribution in [3.05, 3.63) is 0 Å². The summed E-state index contributed by atoms with van der Waals surface area (Å²) in [5.74, 6) is -0.602. The average Bonchev–Trinajstić information content (AvgIpc) is 2.74. The molecule has 96 valence electrons. The standard InChI is InChI=1S/C10H17N3O4/c14-9(12-8-5-17-13-10(8)15)6-16-7-1-3-11-4-2-7/h7-8,11H,1-6H2,(H,12,14)(H,13,15)/t8-/m1/s1. The summed E-state index contributed by atoms with van der Waals surface area (Å²) >= 11 is 0. The predicted octanol–water partition coefficient (Wildman–Crippen LogP) is -1.70. The van der Waals surface area contributed by atoms with Crippen molar-refractivity contribution >= 4 is 11.8 Å². The van der Waals surface area contributed by atoms with Crippen LogP contribution < -0.4 is 16.1 Å². The lowest BCUT2D eigenvalue weighted by Crippen LogP contribution is -2.44. The van der Waals surface area contributed by atoms with Crippen LogP contribution in [0.4, 0.5) is 0 Å². The minimum atomic E-state index is -0.598. The van der Waals surface area contributed by atoms with Crippen LogP contribution in [0.2, 0.25) is 0 Å². The molecule has 2 fully saturated rings. The molecule has 0 aromatic heterocycles. The third kappa shape index (κ3) is 3.65. The second-order valence-corrected chi connectivity index (χ2v) is 4.16. The predicted molar refractivity (Wildman–Crippen MR) is 57.9 cm³/mol. The van der Waals surface area contributed by atoms with Crippen molar-refractivity contribution in [2.24, 2.45) is 0 Å². The molecule has 7 heteroatoms. The van der Waals surface area contributed by atoms with Crippen molar-refractivity contribution in [3.63, 3.8) is 0 Å². The molecule has 0 unspecified atom stereocenters. The molecule has 2 aliphatic heterocycles. The van der Waals surface area contributed by atoms with E-state index in [2.05, 4.69) is 16.1 Å². The third-order valence-corrected chi connectivity index (χ3v) is 2.81. The van der Waals surface area contributed by atoms with Crippen molar-refractivity contribution in [1.82, 2.24) is 16.1 Å². The number of hydrogen-bond donors (Lipinski definition) is 3. The van der Waals surface area contributed by atoms with Crippen LogP contribution in [0.5, 0.6) is 0 Å². The van der Waals surface area contributed by atoms with Crippen molar-refractivity contribution < 1.29 is 19.2 Å². The number of amides is 2. The molecule has 2 heterocycles. The lowest BCUT2D eigenvalue weighted by atomic mass is 10.1. The first kappa shape index (κ1) is 12.3. The zero-order valence-electron chi connectivity index (χ0n) is 9.53. The number of carbonyl (C=O) groups excluding carboxylic acids is 2. The van der Waals surface area contributed by atoms with E-state index in [1.807, 2.05) is 0 Å². The van der Waals surface area contributed by atoms with Crippen LogP contribution >= 0.6 is 0 Å². The first-order chi connectivity index (χ1) is 8.25. The van der Waals surface area contributed by atoms with Gasteiger partial charge in [0.25, 0.3) is 5.91 Å². The van der Waals surface area contributed by atoms with E-state index in [1.165, 1.54) is 0 Å². The zero-order valence-corrected chi connectivity index (χ0v) is 9.53. The Labute approximate surface area is 99.2 Å². The molecule has 0 spiro atoms. The van der Waals surface area contributed by atoms with Crippen LogP contribution in [0.3, 0.4) is 0 Å². The maximum atomic E-state index is 11.5.